The van der Waals surface area contributed by atoms with Gasteiger partial charge in [-0.15, -0.1) is 0 Å². The van der Waals surface area contributed by atoms with Crippen LogP contribution in [0.5, 0.6) is 11.5 Å². The fourth-order valence-corrected chi connectivity index (χ4v) is 5.87. The zero-order valence-electron chi connectivity index (χ0n) is 19.9. The number of anilines is 2. The van der Waals surface area contributed by atoms with E-state index < -0.39 is 15.9 Å². The normalized spacial score (nSPS) is 16.2. The number of hydrogen-bond donors (Lipinski definition) is 1. The zero-order valence-corrected chi connectivity index (χ0v) is 20.7. The molecule has 182 valence electrons. The highest BCUT2D eigenvalue weighted by Gasteiger charge is 2.32. The minimum Gasteiger partial charge on any atom is -0.454 e. The van der Waals surface area contributed by atoms with Gasteiger partial charge in [0.1, 0.15) is 10.6 Å². The van der Waals surface area contributed by atoms with Crippen LogP contribution in [0.15, 0.2) is 71.6 Å². The largest absolute Gasteiger partial charge is 0.454 e. The Labute approximate surface area is 206 Å². The van der Waals surface area contributed by atoms with Gasteiger partial charge in [0.2, 0.25) is 10.0 Å². The van der Waals surface area contributed by atoms with Gasteiger partial charge in [0.05, 0.1) is 16.9 Å². The molecule has 1 saturated heterocycles. The highest BCUT2D eigenvalue weighted by Crippen LogP contribution is 2.41. The van der Waals surface area contributed by atoms with Gasteiger partial charge in [-0.05, 0) is 48.9 Å². The molecule has 2 aliphatic heterocycles. The quantitative estimate of drug-likeness (QED) is 0.557. The lowest BCUT2D eigenvalue weighted by Crippen LogP contribution is -2.36. The zero-order chi connectivity index (χ0) is 24.6. The van der Waals surface area contributed by atoms with E-state index in [0.717, 1.165) is 32.4 Å². The molecule has 2 heterocycles. The van der Waals surface area contributed by atoms with Gasteiger partial charge in [-0.25, -0.2) is 12.7 Å². The minimum absolute atomic E-state index is 0.118. The highest BCUT2D eigenvalue weighted by atomic mass is 32.2. The smallest absolute Gasteiger partial charge is 0.259 e. The molecular weight excluding hydrogens is 462 g/mol. The number of sulfonamides is 1. The summed E-state index contributed by atoms with van der Waals surface area (Å²) in [5, 5.41) is 2.83. The van der Waals surface area contributed by atoms with Crippen molar-refractivity contribution in [1.29, 1.82) is 0 Å². The van der Waals surface area contributed by atoms with Gasteiger partial charge in [-0.2, -0.15) is 0 Å². The molecule has 7 nitrogen and oxygen atoms in total. The van der Waals surface area contributed by atoms with E-state index in [1.54, 1.807) is 18.2 Å². The van der Waals surface area contributed by atoms with Crippen molar-refractivity contribution in [2.24, 2.45) is 5.92 Å². The summed E-state index contributed by atoms with van der Waals surface area (Å²) in [6.45, 7) is 1.46. The summed E-state index contributed by atoms with van der Waals surface area (Å²) < 4.78 is 33.9. The molecule has 0 saturated carbocycles. The first-order valence-electron chi connectivity index (χ1n) is 11.8. The van der Waals surface area contributed by atoms with Gasteiger partial charge >= 0.3 is 0 Å². The number of piperidine rings is 1. The number of fused-ring (bicyclic) bond motifs is 2. The second-order valence-corrected chi connectivity index (χ2v) is 11.4. The van der Waals surface area contributed by atoms with Crippen LogP contribution in [0.2, 0.25) is 0 Å². The average molecular weight is 492 g/mol. The topological polar surface area (TPSA) is 79.0 Å². The Kier molecular flexibility index (Phi) is 6.25. The highest BCUT2D eigenvalue weighted by molar-refractivity contribution is 7.89. The lowest BCUT2D eigenvalue weighted by molar-refractivity contribution is 0.102. The van der Waals surface area contributed by atoms with E-state index in [0.29, 0.717) is 28.8 Å². The summed E-state index contributed by atoms with van der Waals surface area (Å²) in [7, 11) is -0.793. The molecule has 1 fully saturated rings. The second-order valence-electron chi connectivity index (χ2n) is 9.28. The van der Waals surface area contributed by atoms with Crippen LogP contribution in [0, 0.1) is 5.92 Å². The predicted molar refractivity (Wildman–Crippen MR) is 137 cm³/mol. The van der Waals surface area contributed by atoms with Crippen LogP contribution < -0.4 is 15.0 Å². The van der Waals surface area contributed by atoms with Gasteiger partial charge in [-0.1, -0.05) is 42.5 Å². The molecule has 5 rings (SSSR count). The van der Waals surface area contributed by atoms with Crippen molar-refractivity contribution in [2.45, 2.75) is 24.2 Å². The molecule has 8 heteroatoms. The van der Waals surface area contributed by atoms with E-state index in [4.69, 9.17) is 4.74 Å². The Morgan fingerprint density at radius 1 is 0.971 bits per heavy atom. The van der Waals surface area contributed by atoms with Crippen molar-refractivity contribution in [3.8, 4) is 11.5 Å². The molecule has 1 N–H and O–H groups in total. The van der Waals surface area contributed by atoms with Crippen molar-refractivity contribution < 1.29 is 17.9 Å². The van der Waals surface area contributed by atoms with Gasteiger partial charge in [-0.3, -0.25) is 4.79 Å². The van der Waals surface area contributed by atoms with Crippen molar-refractivity contribution >= 4 is 27.3 Å². The van der Waals surface area contributed by atoms with E-state index >= 15 is 0 Å². The molecule has 0 atom stereocenters. The first-order valence-corrected chi connectivity index (χ1v) is 13.2. The molecule has 0 spiro atoms. The van der Waals surface area contributed by atoms with Crippen LogP contribution in [0.1, 0.15) is 28.8 Å². The number of carbonyl (C=O) groups excluding carboxylic acids is 1. The first-order chi connectivity index (χ1) is 16.8. The maximum absolute atomic E-state index is 13.3. The predicted octanol–water partition coefficient (Wildman–Crippen LogP) is 4.75. The molecule has 0 aromatic heterocycles. The van der Waals surface area contributed by atoms with Gasteiger partial charge in [0.15, 0.2) is 5.75 Å². The molecule has 35 heavy (non-hydrogen) atoms. The monoisotopic (exact) mass is 491 g/mol. The van der Waals surface area contributed by atoms with Gasteiger partial charge in [0, 0.05) is 33.3 Å². The fraction of sp³-hybridized carbons (Fsp3) is 0.296. The molecule has 3 aromatic rings. The average Bonchev–Trinajstić information content (AvgIpc) is 2.99. The third kappa shape index (κ3) is 4.63. The molecule has 0 bridgehead atoms. The third-order valence-corrected chi connectivity index (χ3v) is 8.59. The molecule has 3 aromatic carbocycles. The van der Waals surface area contributed by atoms with Crippen LogP contribution in [-0.2, 0) is 16.4 Å². The second kappa shape index (κ2) is 9.36. The number of para-hydroxylation sites is 2. The van der Waals surface area contributed by atoms with Gasteiger partial charge in [0.25, 0.3) is 5.91 Å². The van der Waals surface area contributed by atoms with E-state index in [2.05, 4.69) is 34.5 Å². The lowest BCUT2D eigenvalue weighted by atomic mass is 9.90. The summed E-state index contributed by atoms with van der Waals surface area (Å²) in [5.41, 5.74) is 2.64. The number of nitrogens with zero attached hydrogens (tertiary/aromatic N) is 2. The van der Waals surface area contributed by atoms with Crippen LogP contribution in [-0.4, -0.2) is 45.8 Å². The SMILES string of the molecule is CN(C)S(=O)(=O)c1cc2c(cc1N1CCC(Cc3ccccc3)CC1)Oc1ccccc1NC2=O. The van der Waals surface area contributed by atoms with E-state index in [-0.39, 0.29) is 10.5 Å². The Bertz CT molecular complexity index is 1350. The Morgan fingerprint density at radius 2 is 1.66 bits per heavy atom. The summed E-state index contributed by atoms with van der Waals surface area (Å²) in [6.07, 6.45) is 2.93. The molecule has 1 amide bonds. The number of hydrogen-bond acceptors (Lipinski definition) is 5. The van der Waals surface area contributed by atoms with Crippen LogP contribution in [0.4, 0.5) is 11.4 Å². The van der Waals surface area contributed by atoms with Crippen molar-refractivity contribution in [2.75, 3.05) is 37.4 Å². The maximum atomic E-state index is 13.3. The molecule has 0 aliphatic carbocycles. The molecular formula is C27H29N3O4S. The summed E-state index contributed by atoms with van der Waals surface area (Å²) in [5.74, 6) is 1.02. The Balaban J connectivity index is 1.49. The number of benzene rings is 3. The standard InChI is InChI=1S/C27H29N3O4S/c1-29(2)35(32,33)26-17-21-25(34-24-11-7-6-10-22(24)28-27(21)31)18-23(26)30-14-12-20(13-15-30)16-19-8-4-3-5-9-19/h3-11,17-18,20H,12-16H2,1-2H3,(H,28,31). The summed E-state index contributed by atoms with van der Waals surface area (Å²) in [4.78, 5) is 15.2. The first kappa shape index (κ1) is 23.4. The third-order valence-electron chi connectivity index (χ3n) is 6.74. The van der Waals surface area contributed by atoms with E-state index in [9.17, 15) is 13.2 Å². The van der Waals surface area contributed by atoms with Crippen LogP contribution in [0.3, 0.4) is 0 Å². The van der Waals surface area contributed by atoms with Crippen molar-refractivity contribution in [3.63, 3.8) is 0 Å². The Morgan fingerprint density at radius 3 is 2.37 bits per heavy atom. The lowest BCUT2D eigenvalue weighted by Gasteiger charge is -2.35. The van der Waals surface area contributed by atoms with E-state index in [1.165, 1.54) is 30.0 Å². The van der Waals surface area contributed by atoms with Crippen LogP contribution in [0.25, 0.3) is 0 Å². The Hall–Kier alpha value is -3.36. The number of rotatable bonds is 5. The van der Waals surface area contributed by atoms with Crippen LogP contribution >= 0.6 is 0 Å². The summed E-state index contributed by atoms with van der Waals surface area (Å²) in [6, 6.07) is 20.8. The molecule has 0 radical (unpaired) electrons. The number of amides is 1. The van der Waals surface area contributed by atoms with E-state index in [1.807, 2.05) is 18.2 Å². The molecule has 2 aliphatic rings. The number of carbonyl (C=O) groups is 1. The van der Waals surface area contributed by atoms with Crippen molar-refractivity contribution in [3.05, 3.63) is 77.9 Å². The number of ether oxygens (including phenoxy) is 1. The summed E-state index contributed by atoms with van der Waals surface area (Å²) >= 11 is 0. The molecule has 0 unspecified atom stereocenters. The minimum atomic E-state index is -3.80. The fourth-order valence-electron chi connectivity index (χ4n) is 4.75. The maximum Gasteiger partial charge on any atom is 0.259 e. The van der Waals surface area contributed by atoms with Crippen molar-refractivity contribution in [1.82, 2.24) is 4.31 Å². The number of nitrogens with one attached hydrogen (secondary N) is 1. The van der Waals surface area contributed by atoms with Gasteiger partial charge < -0.3 is 15.0 Å².